The molecule has 2 aromatic rings. The SMILES string of the molecule is CCOc1ccc(N2C(=O)C(O)=C(C(=O)CC)C2c2ccc(Cl)cc2)cc1. The van der Waals surface area contributed by atoms with Crippen LogP contribution in [0.4, 0.5) is 5.69 Å². The number of halogens is 1. The number of nitrogens with zero attached hydrogens (tertiary/aromatic N) is 1. The molecule has 1 aliphatic heterocycles. The van der Waals surface area contributed by atoms with Crippen LogP contribution in [-0.4, -0.2) is 23.4 Å². The van der Waals surface area contributed by atoms with Crippen LogP contribution in [0.25, 0.3) is 0 Å². The molecule has 0 aromatic heterocycles. The number of ketones is 1. The molecule has 1 unspecified atom stereocenters. The van der Waals surface area contributed by atoms with E-state index in [2.05, 4.69) is 0 Å². The molecule has 1 amide bonds. The molecule has 1 heterocycles. The second-order valence-electron chi connectivity index (χ2n) is 6.10. The highest BCUT2D eigenvalue weighted by Gasteiger charge is 2.43. The van der Waals surface area contributed by atoms with Gasteiger partial charge in [-0.25, -0.2) is 0 Å². The number of Topliss-reactive ketones (excluding diaryl/α,β-unsaturated/α-hetero) is 1. The fraction of sp³-hybridized carbons (Fsp3) is 0.238. The molecule has 2 aromatic carbocycles. The summed E-state index contributed by atoms with van der Waals surface area (Å²) < 4.78 is 5.44. The summed E-state index contributed by atoms with van der Waals surface area (Å²) in [5, 5.41) is 11.0. The Hall–Kier alpha value is -2.79. The molecule has 0 aliphatic carbocycles. The topological polar surface area (TPSA) is 66.8 Å². The summed E-state index contributed by atoms with van der Waals surface area (Å²) in [7, 11) is 0. The molecule has 1 N–H and O–H groups in total. The minimum Gasteiger partial charge on any atom is -0.503 e. The van der Waals surface area contributed by atoms with Crippen LogP contribution in [0.2, 0.25) is 5.02 Å². The van der Waals surface area contributed by atoms with Crippen molar-refractivity contribution in [2.24, 2.45) is 0 Å². The monoisotopic (exact) mass is 385 g/mol. The summed E-state index contributed by atoms with van der Waals surface area (Å²) in [6, 6.07) is 13.2. The number of aliphatic hydroxyl groups excluding tert-OH is 1. The van der Waals surface area contributed by atoms with E-state index in [1.54, 1.807) is 55.5 Å². The van der Waals surface area contributed by atoms with Gasteiger partial charge in [0, 0.05) is 17.1 Å². The predicted molar refractivity (Wildman–Crippen MR) is 104 cm³/mol. The number of carbonyl (C=O) groups excluding carboxylic acids is 2. The highest BCUT2D eigenvalue weighted by atomic mass is 35.5. The molecule has 0 radical (unpaired) electrons. The van der Waals surface area contributed by atoms with Gasteiger partial charge in [0.1, 0.15) is 5.75 Å². The Kier molecular flexibility index (Phi) is 5.51. The smallest absolute Gasteiger partial charge is 0.294 e. The van der Waals surface area contributed by atoms with E-state index in [-0.39, 0.29) is 17.8 Å². The van der Waals surface area contributed by atoms with Crippen molar-refractivity contribution in [1.29, 1.82) is 0 Å². The van der Waals surface area contributed by atoms with Crippen molar-refractivity contribution in [1.82, 2.24) is 0 Å². The van der Waals surface area contributed by atoms with Crippen molar-refractivity contribution in [3.05, 3.63) is 70.4 Å². The number of ether oxygens (including phenoxy) is 1. The molecule has 1 aliphatic rings. The van der Waals surface area contributed by atoms with Crippen LogP contribution in [0.15, 0.2) is 59.9 Å². The fourth-order valence-corrected chi connectivity index (χ4v) is 3.30. The summed E-state index contributed by atoms with van der Waals surface area (Å²) in [5.41, 5.74) is 1.37. The first-order valence-electron chi connectivity index (χ1n) is 8.76. The lowest BCUT2D eigenvalue weighted by molar-refractivity contribution is -0.118. The average Bonchev–Trinajstić information content (AvgIpc) is 2.94. The molecule has 0 saturated carbocycles. The second kappa shape index (κ2) is 7.84. The van der Waals surface area contributed by atoms with Gasteiger partial charge < -0.3 is 9.84 Å². The normalized spacial score (nSPS) is 16.8. The number of carbonyl (C=O) groups is 2. The molecular weight excluding hydrogens is 366 g/mol. The van der Waals surface area contributed by atoms with Crippen LogP contribution < -0.4 is 9.64 Å². The van der Waals surface area contributed by atoms with E-state index in [1.807, 2.05) is 6.92 Å². The van der Waals surface area contributed by atoms with Crippen LogP contribution >= 0.6 is 11.6 Å². The predicted octanol–water partition coefficient (Wildman–Crippen LogP) is 4.62. The van der Waals surface area contributed by atoms with E-state index in [9.17, 15) is 14.7 Å². The van der Waals surface area contributed by atoms with E-state index in [1.165, 1.54) is 4.90 Å². The first-order valence-corrected chi connectivity index (χ1v) is 9.13. The minimum absolute atomic E-state index is 0.110. The van der Waals surface area contributed by atoms with Crippen LogP contribution in [0, 0.1) is 0 Å². The van der Waals surface area contributed by atoms with Crippen LogP contribution in [0.1, 0.15) is 31.9 Å². The van der Waals surface area contributed by atoms with Crippen molar-refractivity contribution >= 4 is 29.0 Å². The maximum atomic E-state index is 12.8. The van der Waals surface area contributed by atoms with Crippen molar-refractivity contribution in [3.63, 3.8) is 0 Å². The molecule has 1 atom stereocenters. The van der Waals surface area contributed by atoms with E-state index in [0.29, 0.717) is 28.6 Å². The molecule has 0 spiro atoms. The summed E-state index contributed by atoms with van der Waals surface area (Å²) in [5.74, 6) is -0.696. The number of aliphatic hydroxyl groups is 1. The first kappa shape index (κ1) is 19.0. The van der Waals surface area contributed by atoms with Gasteiger partial charge in [0.25, 0.3) is 5.91 Å². The Morgan fingerprint density at radius 1 is 1.11 bits per heavy atom. The number of anilines is 1. The van der Waals surface area contributed by atoms with Gasteiger partial charge in [0.2, 0.25) is 0 Å². The molecule has 5 nitrogen and oxygen atoms in total. The van der Waals surface area contributed by atoms with E-state index < -0.39 is 17.7 Å². The summed E-state index contributed by atoms with van der Waals surface area (Å²) >= 11 is 5.98. The maximum Gasteiger partial charge on any atom is 0.294 e. The Morgan fingerprint density at radius 2 is 1.74 bits per heavy atom. The minimum atomic E-state index is -0.708. The Labute approximate surface area is 162 Å². The molecule has 0 bridgehead atoms. The highest BCUT2D eigenvalue weighted by molar-refractivity contribution is 6.30. The zero-order valence-corrected chi connectivity index (χ0v) is 15.9. The van der Waals surface area contributed by atoms with Crippen molar-refractivity contribution < 1.29 is 19.4 Å². The lowest BCUT2D eigenvalue weighted by Gasteiger charge is -2.27. The van der Waals surface area contributed by atoms with E-state index in [4.69, 9.17) is 16.3 Å². The van der Waals surface area contributed by atoms with Crippen molar-refractivity contribution in [2.75, 3.05) is 11.5 Å². The Morgan fingerprint density at radius 3 is 2.30 bits per heavy atom. The quantitative estimate of drug-likeness (QED) is 0.788. The number of hydrogen-bond donors (Lipinski definition) is 1. The molecular formula is C21H20ClNO4. The van der Waals surface area contributed by atoms with E-state index in [0.717, 1.165) is 0 Å². The van der Waals surface area contributed by atoms with Gasteiger partial charge in [-0.2, -0.15) is 0 Å². The van der Waals surface area contributed by atoms with Gasteiger partial charge in [-0.1, -0.05) is 30.7 Å². The zero-order valence-electron chi connectivity index (χ0n) is 15.1. The summed E-state index contributed by atoms with van der Waals surface area (Å²) in [6.07, 6.45) is 0.188. The lowest BCUT2D eigenvalue weighted by atomic mass is 9.95. The standard InChI is InChI=1S/C21H20ClNO4/c1-3-17(24)18-19(13-5-7-14(22)8-6-13)23(21(26)20(18)25)15-9-11-16(12-10-15)27-4-2/h5-12,19,25H,3-4H2,1-2H3. The van der Waals surface area contributed by atoms with Gasteiger partial charge in [-0.15, -0.1) is 0 Å². The Balaban J connectivity index is 2.09. The van der Waals surface area contributed by atoms with Gasteiger partial charge in [-0.05, 0) is 48.9 Å². The van der Waals surface area contributed by atoms with Crippen LogP contribution in [0.5, 0.6) is 5.75 Å². The number of amides is 1. The number of rotatable bonds is 6. The summed E-state index contributed by atoms with van der Waals surface area (Å²) in [6.45, 7) is 4.12. The lowest BCUT2D eigenvalue weighted by Crippen LogP contribution is -2.30. The largest absolute Gasteiger partial charge is 0.503 e. The third-order valence-corrected chi connectivity index (χ3v) is 4.69. The molecule has 0 saturated heterocycles. The number of benzene rings is 2. The molecule has 6 heteroatoms. The van der Waals surface area contributed by atoms with Crippen LogP contribution in [0.3, 0.4) is 0 Å². The van der Waals surface area contributed by atoms with Gasteiger partial charge in [-0.3, -0.25) is 14.5 Å². The maximum absolute atomic E-state index is 12.8. The molecule has 140 valence electrons. The Bertz CT molecular complexity index is 887. The number of hydrogen-bond acceptors (Lipinski definition) is 4. The molecule has 27 heavy (non-hydrogen) atoms. The molecule has 3 rings (SSSR count). The van der Waals surface area contributed by atoms with Gasteiger partial charge in [0.05, 0.1) is 18.2 Å². The third-order valence-electron chi connectivity index (χ3n) is 4.44. The fourth-order valence-electron chi connectivity index (χ4n) is 3.18. The van der Waals surface area contributed by atoms with E-state index >= 15 is 0 Å². The average molecular weight is 386 g/mol. The summed E-state index contributed by atoms with van der Waals surface area (Å²) in [4.78, 5) is 26.7. The van der Waals surface area contributed by atoms with Gasteiger partial charge in [0.15, 0.2) is 11.5 Å². The van der Waals surface area contributed by atoms with Crippen LogP contribution in [-0.2, 0) is 9.59 Å². The van der Waals surface area contributed by atoms with Crippen molar-refractivity contribution in [2.45, 2.75) is 26.3 Å². The molecule has 0 fully saturated rings. The first-order chi connectivity index (χ1) is 13.0. The van der Waals surface area contributed by atoms with Crippen molar-refractivity contribution in [3.8, 4) is 5.75 Å². The second-order valence-corrected chi connectivity index (χ2v) is 6.53. The third kappa shape index (κ3) is 3.55. The zero-order chi connectivity index (χ0) is 19.6. The van der Waals surface area contributed by atoms with Gasteiger partial charge >= 0.3 is 0 Å². The highest BCUT2D eigenvalue weighted by Crippen LogP contribution is 2.41.